The molecule has 0 aromatic carbocycles. The summed E-state index contributed by atoms with van der Waals surface area (Å²) in [5.41, 5.74) is 0.512. The molecule has 25 heavy (non-hydrogen) atoms. The van der Waals surface area contributed by atoms with E-state index in [2.05, 4.69) is 10.1 Å². The van der Waals surface area contributed by atoms with Gasteiger partial charge in [0.05, 0.1) is 17.7 Å². The van der Waals surface area contributed by atoms with Crippen LogP contribution in [0.15, 0.2) is 55.7 Å². The van der Waals surface area contributed by atoms with E-state index in [4.69, 9.17) is 4.42 Å². The number of furan rings is 1. The SMILES string of the molecule is O=c1c2c(-c3cccs3)csc2ncn1/N=C\c1ccc([N+](=O)[O-])o1. The monoisotopic (exact) mass is 372 g/mol. The Morgan fingerprint density at radius 3 is 2.92 bits per heavy atom. The van der Waals surface area contributed by atoms with E-state index in [1.54, 1.807) is 0 Å². The van der Waals surface area contributed by atoms with Crippen molar-refractivity contribution in [2.75, 3.05) is 0 Å². The van der Waals surface area contributed by atoms with Crippen molar-refractivity contribution >= 4 is 45.0 Å². The highest BCUT2D eigenvalue weighted by Crippen LogP contribution is 2.33. The fourth-order valence-electron chi connectivity index (χ4n) is 2.25. The summed E-state index contributed by atoms with van der Waals surface area (Å²) in [6.45, 7) is 0. The van der Waals surface area contributed by atoms with Gasteiger partial charge in [0.2, 0.25) is 0 Å². The molecule has 8 nitrogen and oxygen atoms in total. The van der Waals surface area contributed by atoms with Gasteiger partial charge in [0.15, 0.2) is 5.76 Å². The number of hydrogen-bond donors (Lipinski definition) is 0. The highest BCUT2D eigenvalue weighted by atomic mass is 32.1. The van der Waals surface area contributed by atoms with Crippen molar-refractivity contribution in [3.63, 3.8) is 0 Å². The van der Waals surface area contributed by atoms with Gasteiger partial charge in [0, 0.05) is 15.8 Å². The predicted octanol–water partition coefficient (Wildman–Crippen LogP) is 3.57. The minimum absolute atomic E-state index is 0.169. The van der Waals surface area contributed by atoms with E-state index in [-0.39, 0.29) is 17.2 Å². The fraction of sp³-hybridized carbons (Fsp3) is 0. The topological polar surface area (TPSA) is 104 Å². The maximum absolute atomic E-state index is 12.7. The summed E-state index contributed by atoms with van der Waals surface area (Å²) in [5.74, 6) is -0.220. The summed E-state index contributed by atoms with van der Waals surface area (Å²) < 4.78 is 6.07. The van der Waals surface area contributed by atoms with E-state index in [0.717, 1.165) is 15.1 Å². The van der Waals surface area contributed by atoms with E-state index in [1.807, 2.05) is 22.9 Å². The van der Waals surface area contributed by atoms with Gasteiger partial charge in [-0.1, -0.05) is 6.07 Å². The van der Waals surface area contributed by atoms with Crippen molar-refractivity contribution in [2.45, 2.75) is 0 Å². The molecule has 4 aromatic rings. The van der Waals surface area contributed by atoms with Gasteiger partial charge >= 0.3 is 5.88 Å². The van der Waals surface area contributed by atoms with E-state index in [1.165, 1.54) is 47.3 Å². The molecule has 0 saturated carbocycles. The quantitative estimate of drug-likeness (QED) is 0.309. The molecule has 0 aliphatic rings. The summed E-state index contributed by atoms with van der Waals surface area (Å²) in [6, 6.07) is 6.48. The normalized spacial score (nSPS) is 11.5. The maximum atomic E-state index is 12.7. The predicted molar refractivity (Wildman–Crippen MR) is 95.5 cm³/mol. The molecule has 0 spiro atoms. The Morgan fingerprint density at radius 2 is 2.20 bits per heavy atom. The van der Waals surface area contributed by atoms with Gasteiger partial charge in [-0.2, -0.15) is 9.78 Å². The largest absolute Gasteiger partial charge is 0.433 e. The highest BCUT2D eigenvalue weighted by Gasteiger charge is 2.14. The van der Waals surface area contributed by atoms with Crippen molar-refractivity contribution in [3.05, 3.63) is 67.6 Å². The van der Waals surface area contributed by atoms with Gasteiger partial charge in [0.25, 0.3) is 5.56 Å². The summed E-state index contributed by atoms with van der Waals surface area (Å²) in [7, 11) is 0. The maximum Gasteiger partial charge on any atom is 0.433 e. The van der Waals surface area contributed by atoms with Crippen LogP contribution in [-0.4, -0.2) is 20.8 Å². The summed E-state index contributed by atoms with van der Waals surface area (Å²) in [5, 5.41) is 19.0. The van der Waals surface area contributed by atoms with Crippen molar-refractivity contribution in [1.29, 1.82) is 0 Å². The van der Waals surface area contributed by atoms with Gasteiger partial charge in [-0.05, 0) is 17.5 Å². The molecule has 0 bridgehead atoms. The van der Waals surface area contributed by atoms with Crippen LogP contribution in [0.3, 0.4) is 0 Å². The summed E-state index contributed by atoms with van der Waals surface area (Å²) >= 11 is 2.93. The third-order valence-corrected chi connectivity index (χ3v) is 5.16. The molecule has 124 valence electrons. The van der Waals surface area contributed by atoms with Crippen LogP contribution in [0.25, 0.3) is 20.7 Å². The lowest BCUT2D eigenvalue weighted by Gasteiger charge is -1.98. The van der Waals surface area contributed by atoms with Crippen molar-refractivity contribution in [3.8, 4) is 10.4 Å². The molecule has 0 unspecified atom stereocenters. The number of nitrogens with zero attached hydrogens (tertiary/aromatic N) is 4. The Kier molecular flexibility index (Phi) is 3.75. The number of nitro groups is 1. The second-order valence-corrected chi connectivity index (χ2v) is 6.68. The van der Waals surface area contributed by atoms with Gasteiger partial charge in [-0.15, -0.1) is 22.7 Å². The molecule has 0 radical (unpaired) electrons. The molecule has 4 aromatic heterocycles. The van der Waals surface area contributed by atoms with E-state index < -0.39 is 4.92 Å². The minimum Gasteiger partial charge on any atom is -0.400 e. The van der Waals surface area contributed by atoms with Crippen LogP contribution in [0, 0.1) is 10.1 Å². The molecule has 0 aliphatic heterocycles. The Morgan fingerprint density at radius 1 is 1.32 bits per heavy atom. The first-order valence-corrected chi connectivity index (χ1v) is 8.71. The first-order chi connectivity index (χ1) is 12.1. The van der Waals surface area contributed by atoms with Crippen LogP contribution in [0.2, 0.25) is 0 Å². The van der Waals surface area contributed by atoms with Crippen molar-refractivity contribution in [2.24, 2.45) is 5.10 Å². The zero-order valence-corrected chi connectivity index (χ0v) is 14.0. The van der Waals surface area contributed by atoms with Gasteiger partial charge in [-0.25, -0.2) is 4.98 Å². The molecular formula is C15H8N4O4S2. The summed E-state index contributed by atoms with van der Waals surface area (Å²) in [4.78, 5) is 28.6. The molecule has 0 saturated heterocycles. The molecule has 4 heterocycles. The number of fused-ring (bicyclic) bond motifs is 1. The second-order valence-electron chi connectivity index (χ2n) is 4.88. The molecule has 0 atom stereocenters. The van der Waals surface area contributed by atoms with Crippen LogP contribution >= 0.6 is 22.7 Å². The van der Waals surface area contributed by atoms with Crippen LogP contribution in [-0.2, 0) is 0 Å². The average molecular weight is 372 g/mol. The molecule has 0 amide bonds. The third kappa shape index (κ3) is 2.77. The van der Waals surface area contributed by atoms with Crippen molar-refractivity contribution < 1.29 is 9.34 Å². The zero-order chi connectivity index (χ0) is 17.4. The minimum atomic E-state index is -0.643. The Bertz CT molecular complexity index is 1150. The standard InChI is InChI=1S/C15H8N4O4S2/c20-15-13-10(11-2-1-5-24-11)7-25-14(13)16-8-18(15)17-6-9-3-4-12(23-9)19(21)22/h1-8H/b17-6-. The smallest absolute Gasteiger partial charge is 0.400 e. The Hall–Kier alpha value is -3.11. The van der Waals surface area contributed by atoms with Gasteiger partial charge in [-0.3, -0.25) is 14.9 Å². The van der Waals surface area contributed by atoms with Crippen LogP contribution in [0.4, 0.5) is 5.88 Å². The Balaban J connectivity index is 1.76. The van der Waals surface area contributed by atoms with E-state index >= 15 is 0 Å². The summed E-state index contributed by atoms with van der Waals surface area (Å²) in [6.07, 6.45) is 2.55. The first kappa shape index (κ1) is 15.4. The molecule has 0 N–H and O–H groups in total. The van der Waals surface area contributed by atoms with Crippen molar-refractivity contribution in [1.82, 2.24) is 9.66 Å². The molecule has 10 heteroatoms. The molecule has 0 aliphatic carbocycles. The van der Waals surface area contributed by atoms with E-state index in [9.17, 15) is 14.9 Å². The molecule has 0 fully saturated rings. The highest BCUT2D eigenvalue weighted by molar-refractivity contribution is 7.18. The molecular weight excluding hydrogens is 364 g/mol. The van der Waals surface area contributed by atoms with Crippen LogP contribution in [0.5, 0.6) is 0 Å². The lowest BCUT2D eigenvalue weighted by molar-refractivity contribution is -0.402. The average Bonchev–Trinajstić information content (AvgIpc) is 3.33. The lowest BCUT2D eigenvalue weighted by atomic mass is 10.2. The zero-order valence-electron chi connectivity index (χ0n) is 12.4. The van der Waals surface area contributed by atoms with E-state index in [0.29, 0.717) is 10.2 Å². The van der Waals surface area contributed by atoms with Crippen LogP contribution < -0.4 is 5.56 Å². The van der Waals surface area contributed by atoms with Crippen LogP contribution in [0.1, 0.15) is 5.76 Å². The third-order valence-electron chi connectivity index (χ3n) is 3.37. The second kappa shape index (κ2) is 6.07. The number of aromatic nitrogens is 2. The first-order valence-electron chi connectivity index (χ1n) is 6.95. The number of hydrogen-bond acceptors (Lipinski definition) is 8. The van der Waals surface area contributed by atoms with Gasteiger partial charge in [0.1, 0.15) is 16.1 Å². The molecule has 4 rings (SSSR count). The number of thiophene rings is 2. The Labute approximate surface area is 147 Å². The number of rotatable bonds is 4. The lowest BCUT2D eigenvalue weighted by Crippen LogP contribution is -2.16. The van der Waals surface area contributed by atoms with Gasteiger partial charge < -0.3 is 4.42 Å². The fourth-order valence-corrected chi connectivity index (χ4v) is 3.97.